The van der Waals surface area contributed by atoms with Gasteiger partial charge in [-0.1, -0.05) is 18.2 Å². The molecule has 0 saturated heterocycles. The van der Waals surface area contributed by atoms with Crippen molar-refractivity contribution in [3.05, 3.63) is 78.9 Å². The van der Waals surface area contributed by atoms with Crippen molar-refractivity contribution in [3.63, 3.8) is 0 Å². The molecule has 0 saturated carbocycles. The number of hydrogen-bond donors (Lipinski definition) is 0. The molecule has 0 amide bonds. The first-order valence-corrected chi connectivity index (χ1v) is 10.5. The smallest absolute Gasteiger partial charge is 0.264 e. The molecule has 0 bridgehead atoms. The van der Waals surface area contributed by atoms with Gasteiger partial charge in [0.15, 0.2) is 0 Å². The molecule has 7 heteroatoms. The van der Waals surface area contributed by atoms with Crippen molar-refractivity contribution in [1.82, 2.24) is 0 Å². The van der Waals surface area contributed by atoms with Gasteiger partial charge in [-0.05, 0) is 60.7 Å². The van der Waals surface area contributed by atoms with E-state index in [9.17, 15) is 8.42 Å². The molecule has 0 atom stereocenters. The topological polar surface area (TPSA) is 65.1 Å². The normalized spacial score (nSPS) is 11.0. The zero-order valence-electron chi connectivity index (χ0n) is 16.3. The molecule has 0 N–H and O–H groups in total. The summed E-state index contributed by atoms with van der Waals surface area (Å²) < 4.78 is 43.1. The largest absolute Gasteiger partial charge is 0.497 e. The maximum Gasteiger partial charge on any atom is 0.264 e. The van der Waals surface area contributed by atoms with Gasteiger partial charge in [0.2, 0.25) is 0 Å². The summed E-state index contributed by atoms with van der Waals surface area (Å²) in [5.41, 5.74) is 0.536. The highest BCUT2D eigenvalue weighted by Gasteiger charge is 2.21. The molecule has 0 radical (unpaired) electrons. The lowest BCUT2D eigenvalue weighted by Gasteiger charge is -2.20. The van der Waals surface area contributed by atoms with Crippen molar-refractivity contribution in [1.29, 1.82) is 0 Å². The summed E-state index contributed by atoms with van der Waals surface area (Å²) in [6.07, 6.45) is 0. The minimum absolute atomic E-state index is 0.194. The first kappa shape index (κ1) is 20.5. The molecule has 0 fully saturated rings. The number of ether oxygens (including phenoxy) is 3. The molecule has 0 heterocycles. The summed E-state index contributed by atoms with van der Waals surface area (Å²) in [5, 5.41) is 0. The molecular formula is C22H23NO5S. The Kier molecular flexibility index (Phi) is 6.61. The molecule has 0 aliphatic heterocycles. The van der Waals surface area contributed by atoms with Crippen molar-refractivity contribution in [2.75, 3.05) is 31.7 Å². The first-order valence-electron chi connectivity index (χ1n) is 9.04. The fourth-order valence-electron chi connectivity index (χ4n) is 2.63. The van der Waals surface area contributed by atoms with Crippen LogP contribution < -0.4 is 18.5 Å². The second kappa shape index (κ2) is 9.34. The average Bonchev–Trinajstić information content (AvgIpc) is 2.77. The average molecular weight is 413 g/mol. The van der Waals surface area contributed by atoms with Crippen LogP contribution in [0.3, 0.4) is 0 Å². The molecule has 3 aromatic carbocycles. The molecule has 0 aliphatic carbocycles. The highest BCUT2D eigenvalue weighted by molar-refractivity contribution is 7.92. The van der Waals surface area contributed by atoms with E-state index in [0.29, 0.717) is 30.4 Å². The highest BCUT2D eigenvalue weighted by Crippen LogP contribution is 2.25. The molecule has 3 rings (SSSR count). The second-order valence-electron chi connectivity index (χ2n) is 6.15. The summed E-state index contributed by atoms with van der Waals surface area (Å²) in [6.45, 7) is 0.797. The molecule has 152 valence electrons. The fourth-order valence-corrected chi connectivity index (χ4v) is 3.83. The molecule has 6 nitrogen and oxygen atoms in total. The van der Waals surface area contributed by atoms with E-state index >= 15 is 0 Å². The Morgan fingerprint density at radius 3 is 1.79 bits per heavy atom. The minimum Gasteiger partial charge on any atom is -0.497 e. The number of para-hydroxylation sites is 1. The number of nitrogens with zero attached hydrogens (tertiary/aromatic N) is 1. The molecule has 0 spiro atoms. The van der Waals surface area contributed by atoms with Crippen LogP contribution in [0.2, 0.25) is 0 Å². The molecule has 0 aliphatic rings. The van der Waals surface area contributed by atoms with E-state index in [-0.39, 0.29) is 4.90 Å². The Morgan fingerprint density at radius 1 is 0.724 bits per heavy atom. The highest BCUT2D eigenvalue weighted by atomic mass is 32.2. The third kappa shape index (κ3) is 5.20. The van der Waals surface area contributed by atoms with Gasteiger partial charge < -0.3 is 14.2 Å². The van der Waals surface area contributed by atoms with Gasteiger partial charge >= 0.3 is 0 Å². The predicted octanol–water partition coefficient (Wildman–Crippen LogP) is 3.98. The predicted molar refractivity (Wildman–Crippen MR) is 112 cm³/mol. The van der Waals surface area contributed by atoms with Crippen LogP contribution in [0.1, 0.15) is 0 Å². The number of hydrogen-bond acceptors (Lipinski definition) is 5. The summed E-state index contributed by atoms with van der Waals surface area (Å²) in [7, 11) is -0.613. The van der Waals surface area contributed by atoms with Crippen LogP contribution in [0.5, 0.6) is 17.2 Å². The third-order valence-corrected chi connectivity index (χ3v) is 6.08. The van der Waals surface area contributed by atoms with Crippen LogP contribution >= 0.6 is 0 Å². The van der Waals surface area contributed by atoms with Crippen molar-refractivity contribution in [2.24, 2.45) is 0 Å². The van der Waals surface area contributed by atoms with Crippen molar-refractivity contribution in [2.45, 2.75) is 4.90 Å². The maximum atomic E-state index is 12.8. The number of anilines is 1. The van der Waals surface area contributed by atoms with Gasteiger partial charge in [0.1, 0.15) is 30.5 Å². The van der Waals surface area contributed by atoms with E-state index in [1.165, 1.54) is 30.6 Å². The molecule has 0 unspecified atom stereocenters. The summed E-state index contributed by atoms with van der Waals surface area (Å²) >= 11 is 0. The van der Waals surface area contributed by atoms with Crippen molar-refractivity contribution in [3.8, 4) is 17.2 Å². The molecule has 3 aromatic rings. The quantitative estimate of drug-likeness (QED) is 0.497. The lowest BCUT2D eigenvalue weighted by molar-refractivity contribution is 0.217. The van der Waals surface area contributed by atoms with Crippen LogP contribution in [0.4, 0.5) is 5.69 Å². The van der Waals surface area contributed by atoms with Gasteiger partial charge in [-0.2, -0.15) is 0 Å². The van der Waals surface area contributed by atoms with Gasteiger partial charge in [0, 0.05) is 7.05 Å². The van der Waals surface area contributed by atoms with E-state index in [2.05, 4.69) is 0 Å². The maximum absolute atomic E-state index is 12.8. The van der Waals surface area contributed by atoms with Crippen LogP contribution in [0.25, 0.3) is 0 Å². The Morgan fingerprint density at radius 2 is 1.24 bits per heavy atom. The first-order chi connectivity index (χ1) is 14.0. The fraction of sp³-hybridized carbons (Fsp3) is 0.182. The number of benzene rings is 3. The van der Waals surface area contributed by atoms with Gasteiger partial charge in [-0.25, -0.2) is 8.42 Å². The van der Waals surface area contributed by atoms with Gasteiger partial charge in [0.05, 0.1) is 17.7 Å². The summed E-state index contributed by atoms with van der Waals surface area (Å²) in [4.78, 5) is 0.194. The molecule has 0 aromatic heterocycles. The SMILES string of the molecule is COc1ccc(S(=O)(=O)N(C)c2ccc(OCCOc3ccccc3)cc2)cc1. The second-order valence-corrected chi connectivity index (χ2v) is 8.12. The van der Waals surface area contributed by atoms with E-state index in [0.717, 1.165) is 5.75 Å². The van der Waals surface area contributed by atoms with E-state index in [4.69, 9.17) is 14.2 Å². The molecular weight excluding hydrogens is 390 g/mol. The Bertz CT molecular complexity index is 1000. The van der Waals surface area contributed by atoms with Crippen LogP contribution in [0, 0.1) is 0 Å². The summed E-state index contributed by atoms with van der Waals surface area (Å²) in [5.74, 6) is 2.03. The minimum atomic E-state index is -3.66. The lowest BCUT2D eigenvalue weighted by Crippen LogP contribution is -2.26. The Balaban J connectivity index is 1.58. The zero-order chi connectivity index (χ0) is 20.7. The van der Waals surface area contributed by atoms with Crippen molar-refractivity contribution >= 4 is 15.7 Å². The zero-order valence-corrected chi connectivity index (χ0v) is 17.1. The van der Waals surface area contributed by atoms with Crippen LogP contribution in [-0.4, -0.2) is 35.8 Å². The monoisotopic (exact) mass is 413 g/mol. The van der Waals surface area contributed by atoms with Crippen molar-refractivity contribution < 1.29 is 22.6 Å². The van der Waals surface area contributed by atoms with Gasteiger partial charge in [-0.3, -0.25) is 4.31 Å². The summed E-state index contributed by atoms with van der Waals surface area (Å²) in [6, 6.07) is 22.7. The standard InChI is InChI=1S/C22H23NO5S/c1-23(29(24,25)22-14-12-19(26-2)13-15-22)18-8-10-21(11-9-18)28-17-16-27-20-6-4-3-5-7-20/h3-15H,16-17H2,1-2H3. The number of rotatable bonds is 9. The van der Waals surface area contributed by atoms with Gasteiger partial charge in [0.25, 0.3) is 10.0 Å². The molecule has 29 heavy (non-hydrogen) atoms. The van der Waals surface area contributed by atoms with E-state index in [1.54, 1.807) is 36.4 Å². The Hall–Kier alpha value is -3.19. The van der Waals surface area contributed by atoms with E-state index < -0.39 is 10.0 Å². The lowest BCUT2D eigenvalue weighted by atomic mass is 10.3. The number of methoxy groups -OCH3 is 1. The van der Waals surface area contributed by atoms with Gasteiger partial charge in [-0.15, -0.1) is 0 Å². The third-order valence-electron chi connectivity index (χ3n) is 4.28. The van der Waals surface area contributed by atoms with Crippen LogP contribution in [0.15, 0.2) is 83.8 Å². The number of sulfonamides is 1. The van der Waals surface area contributed by atoms with Crippen LogP contribution in [-0.2, 0) is 10.0 Å². The Labute approximate surface area is 171 Å². The van der Waals surface area contributed by atoms with E-state index in [1.807, 2.05) is 30.3 Å².